The minimum atomic E-state index is -4.45. The number of alkyl halides is 3. The number of carbonyl (C=O) groups is 1. The van der Waals surface area contributed by atoms with E-state index in [0.717, 1.165) is 12.1 Å². The Bertz CT molecular complexity index is 804. The van der Waals surface area contributed by atoms with Gasteiger partial charge in [0.05, 0.1) is 5.56 Å². The summed E-state index contributed by atoms with van der Waals surface area (Å²) in [4.78, 5) is 16.7. The Balaban J connectivity index is 2.26. The van der Waals surface area contributed by atoms with Gasteiger partial charge in [-0.05, 0) is 23.8 Å². The molecular weight excluding hydrogens is 349 g/mol. The van der Waals surface area contributed by atoms with Crippen molar-refractivity contribution < 1.29 is 27.5 Å². The van der Waals surface area contributed by atoms with Gasteiger partial charge < -0.3 is 14.9 Å². The molecule has 2 aromatic carbocycles. The summed E-state index contributed by atoms with van der Waals surface area (Å²) in [5, 5.41) is 6.19. The van der Waals surface area contributed by atoms with Crippen LogP contribution in [0, 0.1) is 0 Å². The number of nitrogens with zero attached hydrogens (tertiary/aromatic N) is 1. The van der Waals surface area contributed by atoms with E-state index in [9.17, 15) is 18.0 Å². The lowest BCUT2D eigenvalue weighted by Gasteiger charge is -2.13. The van der Waals surface area contributed by atoms with Crippen molar-refractivity contribution in [3.05, 3.63) is 65.2 Å². The molecule has 0 saturated carbocycles. The van der Waals surface area contributed by atoms with Gasteiger partial charge >= 0.3 is 6.18 Å². The lowest BCUT2D eigenvalue weighted by atomic mass is 10.0. The largest absolute Gasteiger partial charge is 0.489 e. The fraction of sp³-hybridized carbons (Fsp3) is 0.222. The lowest BCUT2D eigenvalue weighted by molar-refractivity contribution is -0.137. The first-order chi connectivity index (χ1) is 12.4. The summed E-state index contributed by atoms with van der Waals surface area (Å²) in [5.41, 5.74) is 0.276. The zero-order valence-corrected chi connectivity index (χ0v) is 14.1. The highest BCUT2D eigenvalue weighted by molar-refractivity contribution is 6.45. The SMILES string of the molecule is CNC(=O)/C(=N/OC)c1ccccc1COc1cccc(C(F)(F)F)c1. The van der Waals surface area contributed by atoms with E-state index in [0.29, 0.717) is 11.1 Å². The third-order valence-corrected chi connectivity index (χ3v) is 3.45. The van der Waals surface area contributed by atoms with Crippen LogP contribution in [0.2, 0.25) is 0 Å². The lowest BCUT2D eigenvalue weighted by Crippen LogP contribution is -2.29. The highest BCUT2D eigenvalue weighted by atomic mass is 19.4. The van der Waals surface area contributed by atoms with Gasteiger partial charge in [0.15, 0.2) is 5.71 Å². The fourth-order valence-corrected chi connectivity index (χ4v) is 2.22. The highest BCUT2D eigenvalue weighted by Crippen LogP contribution is 2.31. The number of amides is 1. The van der Waals surface area contributed by atoms with Crippen LogP contribution in [0.1, 0.15) is 16.7 Å². The highest BCUT2D eigenvalue weighted by Gasteiger charge is 2.30. The predicted molar refractivity (Wildman–Crippen MR) is 89.8 cm³/mol. The molecule has 0 spiro atoms. The number of halogens is 3. The minimum absolute atomic E-state index is 0.0400. The van der Waals surface area contributed by atoms with Crippen molar-refractivity contribution in [3.8, 4) is 5.75 Å². The number of oxime groups is 1. The van der Waals surface area contributed by atoms with Crippen molar-refractivity contribution >= 4 is 11.6 Å². The standard InChI is InChI=1S/C18H17F3N2O3/c1-22-17(24)16(23-25-2)15-9-4-3-6-12(15)11-26-14-8-5-7-13(10-14)18(19,20)21/h3-10H,11H2,1-2H3,(H,22,24)/b23-16+. The Morgan fingerprint density at radius 2 is 1.88 bits per heavy atom. The minimum Gasteiger partial charge on any atom is -0.489 e. The second kappa shape index (κ2) is 8.37. The van der Waals surface area contributed by atoms with Crippen LogP contribution in [-0.4, -0.2) is 25.8 Å². The molecule has 26 heavy (non-hydrogen) atoms. The Hall–Kier alpha value is -3.03. The number of benzene rings is 2. The Labute approximate surface area is 148 Å². The average Bonchev–Trinajstić information content (AvgIpc) is 2.64. The van der Waals surface area contributed by atoms with Crippen LogP contribution < -0.4 is 10.1 Å². The molecule has 0 saturated heterocycles. The van der Waals surface area contributed by atoms with Crippen LogP contribution in [0.3, 0.4) is 0 Å². The number of hydrogen-bond donors (Lipinski definition) is 1. The van der Waals surface area contributed by atoms with Crippen molar-refractivity contribution in [2.24, 2.45) is 5.16 Å². The van der Waals surface area contributed by atoms with Gasteiger partial charge in [0.1, 0.15) is 19.5 Å². The maximum Gasteiger partial charge on any atom is 0.416 e. The zero-order chi connectivity index (χ0) is 19.2. The second-order valence-electron chi connectivity index (χ2n) is 5.17. The van der Waals surface area contributed by atoms with Gasteiger partial charge in [-0.25, -0.2) is 0 Å². The van der Waals surface area contributed by atoms with Gasteiger partial charge in [-0.15, -0.1) is 0 Å². The molecule has 0 bridgehead atoms. The molecule has 0 aliphatic heterocycles. The van der Waals surface area contributed by atoms with E-state index in [1.54, 1.807) is 24.3 Å². The van der Waals surface area contributed by atoms with Gasteiger partial charge in [-0.2, -0.15) is 13.2 Å². The molecule has 1 amide bonds. The summed E-state index contributed by atoms with van der Waals surface area (Å²) < 4.78 is 43.8. The number of nitrogens with one attached hydrogen (secondary N) is 1. The molecule has 8 heteroatoms. The van der Waals surface area contributed by atoms with Crippen LogP contribution >= 0.6 is 0 Å². The van der Waals surface area contributed by atoms with Crippen molar-refractivity contribution in [1.29, 1.82) is 0 Å². The van der Waals surface area contributed by atoms with E-state index in [4.69, 9.17) is 9.57 Å². The zero-order valence-electron chi connectivity index (χ0n) is 14.1. The molecule has 0 aromatic heterocycles. The smallest absolute Gasteiger partial charge is 0.416 e. The number of rotatable bonds is 6. The molecule has 138 valence electrons. The first-order valence-electron chi connectivity index (χ1n) is 7.58. The normalized spacial score (nSPS) is 11.8. The molecule has 0 heterocycles. The first kappa shape index (κ1) is 19.3. The number of ether oxygens (including phenoxy) is 1. The number of likely N-dealkylation sites (N-methyl/N-ethyl adjacent to an activating group) is 1. The Kier molecular flexibility index (Phi) is 6.21. The summed E-state index contributed by atoms with van der Waals surface area (Å²) in [7, 11) is 2.76. The molecule has 5 nitrogen and oxygen atoms in total. The van der Waals surface area contributed by atoms with E-state index >= 15 is 0 Å². The second-order valence-corrected chi connectivity index (χ2v) is 5.17. The van der Waals surface area contributed by atoms with E-state index in [1.165, 1.54) is 26.3 Å². The molecule has 2 rings (SSSR count). The van der Waals surface area contributed by atoms with Crippen molar-refractivity contribution in [3.63, 3.8) is 0 Å². The molecule has 0 aliphatic carbocycles. The van der Waals surface area contributed by atoms with Gasteiger partial charge in [-0.1, -0.05) is 35.5 Å². The topological polar surface area (TPSA) is 59.9 Å². The monoisotopic (exact) mass is 366 g/mol. The third kappa shape index (κ3) is 4.75. The van der Waals surface area contributed by atoms with E-state index < -0.39 is 17.6 Å². The molecule has 0 aliphatic rings. The maximum atomic E-state index is 12.8. The van der Waals surface area contributed by atoms with E-state index in [2.05, 4.69) is 10.5 Å². The van der Waals surface area contributed by atoms with Crippen LogP contribution in [0.5, 0.6) is 5.75 Å². The maximum absolute atomic E-state index is 12.8. The molecule has 0 atom stereocenters. The van der Waals surface area contributed by atoms with Crippen LogP contribution in [0.15, 0.2) is 53.7 Å². The first-order valence-corrected chi connectivity index (χ1v) is 7.58. The van der Waals surface area contributed by atoms with Gasteiger partial charge in [0.25, 0.3) is 5.91 Å². The average molecular weight is 366 g/mol. The predicted octanol–water partition coefficient (Wildman–Crippen LogP) is 3.38. The van der Waals surface area contributed by atoms with Crippen molar-refractivity contribution in [1.82, 2.24) is 5.32 Å². The Morgan fingerprint density at radius 1 is 1.15 bits per heavy atom. The molecule has 1 N–H and O–H groups in total. The van der Waals surface area contributed by atoms with Gasteiger partial charge in [0, 0.05) is 12.6 Å². The van der Waals surface area contributed by atoms with E-state index in [1.807, 2.05) is 0 Å². The van der Waals surface area contributed by atoms with E-state index in [-0.39, 0.29) is 18.1 Å². The van der Waals surface area contributed by atoms with Crippen molar-refractivity contribution in [2.75, 3.05) is 14.2 Å². The summed E-state index contributed by atoms with van der Waals surface area (Å²) in [5.74, 6) is -0.391. The van der Waals surface area contributed by atoms with Gasteiger partial charge in [-0.3, -0.25) is 4.79 Å². The van der Waals surface area contributed by atoms with Gasteiger partial charge in [0.2, 0.25) is 0 Å². The summed E-state index contributed by atoms with van der Waals surface area (Å²) in [6.07, 6.45) is -4.45. The summed E-state index contributed by atoms with van der Waals surface area (Å²) in [6, 6.07) is 11.4. The van der Waals surface area contributed by atoms with Crippen LogP contribution in [-0.2, 0) is 22.4 Å². The fourth-order valence-electron chi connectivity index (χ4n) is 2.22. The molecule has 2 aromatic rings. The van der Waals surface area contributed by atoms with Crippen LogP contribution in [0.25, 0.3) is 0 Å². The number of carbonyl (C=O) groups excluding carboxylic acids is 1. The van der Waals surface area contributed by atoms with Crippen LogP contribution in [0.4, 0.5) is 13.2 Å². The molecular formula is C18H17F3N2O3. The summed E-state index contributed by atoms with van der Waals surface area (Å²) in [6.45, 7) is -0.0444. The summed E-state index contributed by atoms with van der Waals surface area (Å²) >= 11 is 0. The molecule has 0 fully saturated rings. The molecule has 0 unspecified atom stereocenters. The number of hydrogen-bond acceptors (Lipinski definition) is 4. The Morgan fingerprint density at radius 3 is 2.54 bits per heavy atom. The third-order valence-electron chi connectivity index (χ3n) is 3.45. The van der Waals surface area contributed by atoms with Crippen molar-refractivity contribution in [2.45, 2.75) is 12.8 Å². The quantitative estimate of drug-likeness (QED) is 0.630. The molecule has 0 radical (unpaired) electrons.